The van der Waals surface area contributed by atoms with Crippen molar-refractivity contribution < 1.29 is 19.2 Å². The lowest BCUT2D eigenvalue weighted by Gasteiger charge is -2.38. The van der Waals surface area contributed by atoms with Crippen LogP contribution in [0.15, 0.2) is 40.4 Å². The van der Waals surface area contributed by atoms with Crippen molar-refractivity contribution in [2.75, 3.05) is 18.0 Å². The monoisotopic (exact) mass is 555 g/mol. The molecule has 4 aromatic rings. The SMILES string of the molecule is O=C(O)c1cc2scnc2cc1N1C[C@@H]2C[C@H](OCc3c(-c4c(Cl)cccc4Cl)noc3C3CC3)[C@@H]2C1. The fourth-order valence-electron chi connectivity index (χ4n) is 5.80. The summed E-state index contributed by atoms with van der Waals surface area (Å²) in [7, 11) is 0. The summed E-state index contributed by atoms with van der Waals surface area (Å²) < 4.78 is 13.1. The van der Waals surface area contributed by atoms with E-state index in [-0.39, 0.29) is 6.10 Å². The molecule has 7 nitrogen and oxygen atoms in total. The van der Waals surface area contributed by atoms with Gasteiger partial charge in [-0.3, -0.25) is 0 Å². The lowest BCUT2D eigenvalue weighted by molar-refractivity contribution is -0.0747. The normalized spacial score (nSPS) is 22.9. The number of ether oxygens (including phenoxy) is 1. The number of rotatable bonds is 7. The summed E-state index contributed by atoms with van der Waals surface area (Å²) in [6.07, 6.45) is 3.18. The maximum Gasteiger partial charge on any atom is 0.337 e. The third kappa shape index (κ3) is 4.02. The summed E-state index contributed by atoms with van der Waals surface area (Å²) in [4.78, 5) is 18.6. The van der Waals surface area contributed by atoms with Crippen LogP contribution in [0.1, 0.15) is 46.9 Å². The number of carboxylic acids is 1. The van der Waals surface area contributed by atoms with Crippen LogP contribution in [0, 0.1) is 11.8 Å². The quantitative estimate of drug-likeness (QED) is 0.266. The Kier molecular flexibility index (Phi) is 5.69. The molecule has 0 bridgehead atoms. The fraction of sp³-hybridized carbons (Fsp3) is 0.370. The molecule has 0 amide bonds. The molecule has 1 N–H and O–H groups in total. The topological polar surface area (TPSA) is 88.7 Å². The predicted molar refractivity (Wildman–Crippen MR) is 143 cm³/mol. The Labute approximate surface area is 226 Å². The molecule has 1 aliphatic heterocycles. The summed E-state index contributed by atoms with van der Waals surface area (Å²) in [6, 6.07) is 9.07. The smallest absolute Gasteiger partial charge is 0.337 e. The van der Waals surface area contributed by atoms with Crippen LogP contribution < -0.4 is 4.90 Å². The van der Waals surface area contributed by atoms with E-state index >= 15 is 0 Å². The zero-order valence-electron chi connectivity index (χ0n) is 19.7. The number of halogens is 2. The first-order valence-electron chi connectivity index (χ1n) is 12.4. The Morgan fingerprint density at radius 3 is 2.78 bits per heavy atom. The lowest BCUT2D eigenvalue weighted by atomic mass is 9.73. The first-order chi connectivity index (χ1) is 18.0. The molecule has 0 spiro atoms. The molecular formula is C27H23Cl2N3O4S. The number of thiazole rings is 1. The number of aromatic nitrogens is 2. The first-order valence-corrected chi connectivity index (χ1v) is 14.0. The third-order valence-electron chi connectivity index (χ3n) is 7.93. The van der Waals surface area contributed by atoms with Crippen molar-refractivity contribution in [3.05, 3.63) is 62.8 Å². The van der Waals surface area contributed by atoms with Crippen LogP contribution in [0.25, 0.3) is 21.5 Å². The van der Waals surface area contributed by atoms with Gasteiger partial charge in [0.2, 0.25) is 0 Å². The Bertz CT molecular complexity index is 1510. The maximum atomic E-state index is 12.0. The van der Waals surface area contributed by atoms with Crippen LogP contribution in [-0.4, -0.2) is 40.4 Å². The van der Waals surface area contributed by atoms with E-state index < -0.39 is 5.97 Å². The van der Waals surface area contributed by atoms with E-state index in [0.29, 0.717) is 51.2 Å². The second kappa shape index (κ2) is 8.98. The Balaban J connectivity index is 1.11. The number of anilines is 1. The number of benzene rings is 2. The van der Waals surface area contributed by atoms with Crippen molar-refractivity contribution in [2.24, 2.45) is 11.8 Å². The summed E-state index contributed by atoms with van der Waals surface area (Å²) in [5.74, 6) is 1.14. The summed E-state index contributed by atoms with van der Waals surface area (Å²) in [6.45, 7) is 1.96. The molecule has 2 saturated carbocycles. The molecule has 190 valence electrons. The van der Waals surface area contributed by atoms with Crippen LogP contribution >= 0.6 is 34.5 Å². The molecule has 3 fully saturated rings. The Morgan fingerprint density at radius 1 is 1.22 bits per heavy atom. The highest BCUT2D eigenvalue weighted by molar-refractivity contribution is 7.16. The van der Waals surface area contributed by atoms with Crippen molar-refractivity contribution in [1.82, 2.24) is 10.1 Å². The number of aromatic carboxylic acids is 1. The van der Waals surface area contributed by atoms with Gasteiger partial charge in [-0.25, -0.2) is 9.78 Å². The summed E-state index contributed by atoms with van der Waals surface area (Å²) in [5, 5.41) is 15.3. The average Bonchev–Trinajstić information content (AvgIpc) is 3.31. The van der Waals surface area contributed by atoms with Gasteiger partial charge in [0.1, 0.15) is 11.5 Å². The Hall–Kier alpha value is -2.65. The molecule has 10 heteroatoms. The minimum absolute atomic E-state index is 0.0859. The molecule has 0 unspecified atom stereocenters. The fourth-order valence-corrected chi connectivity index (χ4v) is 7.07. The van der Waals surface area contributed by atoms with Crippen LogP contribution in [0.5, 0.6) is 0 Å². The number of hydrogen-bond donors (Lipinski definition) is 1. The van der Waals surface area contributed by atoms with Crippen molar-refractivity contribution in [3.8, 4) is 11.3 Å². The maximum absolute atomic E-state index is 12.0. The molecule has 2 aliphatic carbocycles. The largest absolute Gasteiger partial charge is 0.478 e. The van der Waals surface area contributed by atoms with Gasteiger partial charge < -0.3 is 19.3 Å². The van der Waals surface area contributed by atoms with Gasteiger partial charge in [0.05, 0.1) is 49.7 Å². The molecule has 7 rings (SSSR count). The summed E-state index contributed by atoms with van der Waals surface area (Å²) >= 11 is 14.4. The second-order valence-electron chi connectivity index (χ2n) is 10.2. The van der Waals surface area contributed by atoms with Gasteiger partial charge in [-0.2, -0.15) is 0 Å². The number of carboxylic acid groups (broad SMARTS) is 1. The molecule has 1 saturated heterocycles. The van der Waals surface area contributed by atoms with E-state index in [1.54, 1.807) is 23.7 Å². The number of carbonyl (C=O) groups is 1. The van der Waals surface area contributed by atoms with Crippen LogP contribution in [-0.2, 0) is 11.3 Å². The van der Waals surface area contributed by atoms with Gasteiger partial charge in [-0.15, -0.1) is 11.3 Å². The molecule has 3 atom stereocenters. The summed E-state index contributed by atoms with van der Waals surface area (Å²) in [5.41, 5.74) is 5.92. The molecule has 37 heavy (non-hydrogen) atoms. The van der Waals surface area contributed by atoms with Crippen molar-refractivity contribution >= 4 is 56.4 Å². The zero-order valence-corrected chi connectivity index (χ0v) is 22.0. The highest BCUT2D eigenvalue weighted by Gasteiger charge is 2.48. The standard InChI is InChI=1S/C27H23Cl2N3O4S/c28-18-2-1-3-19(29)24(18)25-17(26(36-31-25)13-4-5-13)11-35-22-6-14-9-32(10-16(14)22)21-8-20-23(37-12-30-20)7-15(21)27(33)34/h1-3,7-8,12-14,16,22H,4-6,9-11H2,(H,33,34)/t14-,16+,22-/m0/s1. The second-order valence-corrected chi connectivity index (χ2v) is 11.9. The minimum Gasteiger partial charge on any atom is -0.478 e. The zero-order chi connectivity index (χ0) is 25.3. The van der Waals surface area contributed by atoms with Gasteiger partial charge >= 0.3 is 5.97 Å². The van der Waals surface area contributed by atoms with Crippen molar-refractivity contribution in [2.45, 2.75) is 37.9 Å². The van der Waals surface area contributed by atoms with E-state index in [4.69, 9.17) is 32.5 Å². The molecule has 3 aliphatic rings. The average molecular weight is 556 g/mol. The van der Waals surface area contributed by atoms with Gasteiger partial charge in [0, 0.05) is 36.1 Å². The van der Waals surface area contributed by atoms with E-state index in [1.165, 1.54) is 11.3 Å². The van der Waals surface area contributed by atoms with E-state index in [9.17, 15) is 9.90 Å². The number of fused-ring (bicyclic) bond motifs is 2. The van der Waals surface area contributed by atoms with Gasteiger partial charge in [-0.05, 0) is 49.4 Å². The lowest BCUT2D eigenvalue weighted by Crippen LogP contribution is -2.42. The van der Waals surface area contributed by atoms with Crippen LogP contribution in [0.3, 0.4) is 0 Å². The predicted octanol–water partition coefficient (Wildman–Crippen LogP) is 6.88. The molecule has 2 aromatic carbocycles. The number of hydrogen-bond acceptors (Lipinski definition) is 7. The molecule has 3 heterocycles. The molecular weight excluding hydrogens is 533 g/mol. The van der Waals surface area contributed by atoms with Gasteiger partial charge in [0.15, 0.2) is 0 Å². The van der Waals surface area contributed by atoms with Crippen molar-refractivity contribution in [3.63, 3.8) is 0 Å². The third-order valence-corrected chi connectivity index (χ3v) is 9.35. The highest BCUT2D eigenvalue weighted by atomic mass is 35.5. The van der Waals surface area contributed by atoms with E-state index in [0.717, 1.165) is 59.6 Å². The van der Waals surface area contributed by atoms with E-state index in [1.807, 2.05) is 12.1 Å². The van der Waals surface area contributed by atoms with Crippen LogP contribution in [0.4, 0.5) is 5.69 Å². The van der Waals surface area contributed by atoms with Crippen molar-refractivity contribution in [1.29, 1.82) is 0 Å². The van der Waals surface area contributed by atoms with Gasteiger partial charge in [-0.1, -0.05) is 34.4 Å². The van der Waals surface area contributed by atoms with Crippen LogP contribution in [0.2, 0.25) is 10.0 Å². The van der Waals surface area contributed by atoms with E-state index in [2.05, 4.69) is 15.0 Å². The minimum atomic E-state index is -0.914. The highest BCUT2D eigenvalue weighted by Crippen LogP contribution is 2.48. The van der Waals surface area contributed by atoms with Gasteiger partial charge in [0.25, 0.3) is 0 Å². The molecule has 2 aromatic heterocycles. The first kappa shape index (κ1) is 23.5. The number of nitrogens with zero attached hydrogens (tertiary/aromatic N) is 3. The Morgan fingerprint density at radius 2 is 2.03 bits per heavy atom. The molecule has 0 radical (unpaired) electrons.